The van der Waals surface area contributed by atoms with E-state index in [-0.39, 0.29) is 0 Å². The molecule has 0 radical (unpaired) electrons. The lowest BCUT2D eigenvalue weighted by Crippen LogP contribution is -2.23. The van der Waals surface area contributed by atoms with E-state index in [0.717, 1.165) is 30.9 Å². The Balaban J connectivity index is 1.69. The summed E-state index contributed by atoms with van der Waals surface area (Å²) in [6.45, 7) is 0.718. The summed E-state index contributed by atoms with van der Waals surface area (Å²) in [6, 6.07) is 4.33. The molecule has 0 spiro atoms. The maximum atomic E-state index is 5.45. The summed E-state index contributed by atoms with van der Waals surface area (Å²) in [4.78, 5) is 0. The first-order valence-electron chi connectivity index (χ1n) is 5.62. The number of nitrogens with zero attached hydrogens (tertiary/aromatic N) is 1. The van der Waals surface area contributed by atoms with E-state index in [1.807, 2.05) is 6.07 Å². The zero-order valence-electron chi connectivity index (χ0n) is 8.98. The van der Waals surface area contributed by atoms with Crippen LogP contribution in [-0.4, -0.2) is 5.16 Å². The zero-order chi connectivity index (χ0) is 10.8. The van der Waals surface area contributed by atoms with Gasteiger partial charge in [0.2, 0.25) is 0 Å². The molecule has 1 aliphatic carbocycles. The van der Waals surface area contributed by atoms with Crippen LogP contribution < -0.4 is 5.32 Å². The van der Waals surface area contributed by atoms with Gasteiger partial charge in [0.05, 0.1) is 19.0 Å². The van der Waals surface area contributed by atoms with Crippen LogP contribution in [0.2, 0.25) is 0 Å². The van der Waals surface area contributed by atoms with E-state index in [0.29, 0.717) is 6.04 Å². The molecular weight excluding hydrogens is 204 g/mol. The topological polar surface area (TPSA) is 51.2 Å². The maximum absolute atomic E-state index is 5.45. The third-order valence-corrected chi connectivity index (χ3v) is 3.07. The van der Waals surface area contributed by atoms with Gasteiger partial charge < -0.3 is 14.3 Å². The molecule has 0 bridgehead atoms. The molecular formula is C12H14N2O2. The second-order valence-corrected chi connectivity index (χ2v) is 4.10. The van der Waals surface area contributed by atoms with Crippen LogP contribution in [0.1, 0.15) is 36.0 Å². The Morgan fingerprint density at radius 1 is 1.44 bits per heavy atom. The molecule has 1 atom stereocenters. The van der Waals surface area contributed by atoms with E-state index in [2.05, 4.69) is 16.5 Å². The summed E-state index contributed by atoms with van der Waals surface area (Å²) in [6.07, 6.45) is 6.83. The zero-order valence-corrected chi connectivity index (χ0v) is 8.98. The monoisotopic (exact) mass is 218 g/mol. The Bertz CT molecular complexity index is 447. The molecule has 1 aliphatic rings. The summed E-state index contributed by atoms with van der Waals surface area (Å²) < 4.78 is 10.5. The van der Waals surface area contributed by atoms with Gasteiger partial charge in [-0.25, -0.2) is 0 Å². The number of aryl methyl sites for hydroxylation is 1. The summed E-state index contributed by atoms with van der Waals surface area (Å²) in [7, 11) is 0. The van der Waals surface area contributed by atoms with E-state index in [1.54, 1.807) is 12.5 Å². The van der Waals surface area contributed by atoms with Gasteiger partial charge in [0.1, 0.15) is 11.5 Å². The van der Waals surface area contributed by atoms with Gasteiger partial charge in [-0.2, -0.15) is 0 Å². The van der Waals surface area contributed by atoms with Crippen molar-refractivity contribution in [2.75, 3.05) is 0 Å². The molecule has 84 valence electrons. The Morgan fingerprint density at radius 2 is 2.44 bits per heavy atom. The lowest BCUT2D eigenvalue weighted by molar-refractivity contribution is 0.350. The maximum Gasteiger partial charge on any atom is 0.150 e. The highest BCUT2D eigenvalue weighted by Gasteiger charge is 2.22. The number of fused-ring (bicyclic) bond motifs is 1. The molecule has 2 heterocycles. The molecule has 2 aromatic heterocycles. The van der Waals surface area contributed by atoms with Crippen LogP contribution in [0.25, 0.3) is 0 Å². The predicted molar refractivity (Wildman–Crippen MR) is 57.7 cm³/mol. The lowest BCUT2D eigenvalue weighted by Gasteiger charge is -2.22. The summed E-state index contributed by atoms with van der Waals surface area (Å²) >= 11 is 0. The summed E-state index contributed by atoms with van der Waals surface area (Å²) in [5, 5.41) is 7.16. The average Bonchev–Trinajstić information content (AvgIpc) is 2.97. The van der Waals surface area contributed by atoms with Gasteiger partial charge in [-0.1, -0.05) is 5.16 Å². The Kier molecular flexibility index (Phi) is 2.50. The smallest absolute Gasteiger partial charge is 0.150 e. The van der Waals surface area contributed by atoms with Crippen molar-refractivity contribution in [3.8, 4) is 0 Å². The first-order valence-corrected chi connectivity index (χ1v) is 5.62. The highest BCUT2D eigenvalue weighted by molar-refractivity contribution is 5.24. The second-order valence-electron chi connectivity index (χ2n) is 4.10. The van der Waals surface area contributed by atoms with E-state index in [4.69, 9.17) is 8.94 Å². The first kappa shape index (κ1) is 9.66. The number of nitrogens with one attached hydrogen (secondary N) is 1. The molecule has 4 nitrogen and oxygen atoms in total. The molecule has 0 fully saturated rings. The molecule has 3 rings (SSSR count). The minimum Gasteiger partial charge on any atom is -0.469 e. The molecule has 1 unspecified atom stereocenters. The lowest BCUT2D eigenvalue weighted by atomic mass is 9.93. The normalized spacial score (nSPS) is 19.6. The Hall–Kier alpha value is -1.55. The molecule has 2 aromatic rings. The third-order valence-electron chi connectivity index (χ3n) is 3.07. The van der Waals surface area contributed by atoms with Crippen molar-refractivity contribution in [2.24, 2.45) is 0 Å². The largest absolute Gasteiger partial charge is 0.469 e. The number of furan rings is 1. The van der Waals surface area contributed by atoms with Crippen molar-refractivity contribution in [1.82, 2.24) is 10.5 Å². The Morgan fingerprint density at radius 3 is 3.31 bits per heavy atom. The van der Waals surface area contributed by atoms with Crippen LogP contribution in [0.15, 0.2) is 33.5 Å². The average molecular weight is 218 g/mol. The molecule has 0 aromatic carbocycles. The van der Waals surface area contributed by atoms with E-state index in [1.165, 1.54) is 12.0 Å². The van der Waals surface area contributed by atoms with E-state index < -0.39 is 0 Å². The highest BCUT2D eigenvalue weighted by atomic mass is 16.5. The number of rotatable bonds is 3. The fourth-order valence-corrected chi connectivity index (χ4v) is 2.26. The highest BCUT2D eigenvalue weighted by Crippen LogP contribution is 2.30. The van der Waals surface area contributed by atoms with E-state index in [9.17, 15) is 0 Å². The second kappa shape index (κ2) is 4.14. The number of hydrogen-bond acceptors (Lipinski definition) is 4. The van der Waals surface area contributed by atoms with Gasteiger partial charge >= 0.3 is 0 Å². The first-order chi connectivity index (χ1) is 7.93. The summed E-state index contributed by atoms with van der Waals surface area (Å²) in [5.74, 6) is 2.00. The van der Waals surface area contributed by atoms with E-state index >= 15 is 0 Å². The molecule has 4 heteroatoms. The van der Waals surface area contributed by atoms with Crippen molar-refractivity contribution in [3.63, 3.8) is 0 Å². The van der Waals surface area contributed by atoms with Crippen molar-refractivity contribution in [3.05, 3.63) is 41.7 Å². The van der Waals surface area contributed by atoms with Crippen molar-refractivity contribution in [2.45, 2.75) is 31.8 Å². The summed E-state index contributed by atoms with van der Waals surface area (Å²) in [5.41, 5.74) is 1.30. The number of hydrogen-bond donors (Lipinski definition) is 1. The van der Waals surface area contributed by atoms with Gasteiger partial charge in [-0.15, -0.1) is 0 Å². The van der Waals surface area contributed by atoms with Crippen LogP contribution in [0.5, 0.6) is 0 Å². The van der Waals surface area contributed by atoms with Crippen LogP contribution in [0, 0.1) is 0 Å². The quantitative estimate of drug-likeness (QED) is 0.859. The molecule has 16 heavy (non-hydrogen) atoms. The minimum atomic E-state index is 0.382. The van der Waals surface area contributed by atoms with Crippen molar-refractivity contribution >= 4 is 0 Å². The standard InChI is InChI=1S/C12H14N2O2/c1-2-11(10-5-7-15-12(10)3-1)13-8-9-4-6-14-16-9/h4-7,11,13H,1-3,8H2. The fraction of sp³-hybridized carbons (Fsp3) is 0.417. The van der Waals surface area contributed by atoms with Gasteiger partial charge in [0.25, 0.3) is 0 Å². The molecule has 1 N–H and O–H groups in total. The van der Waals surface area contributed by atoms with Gasteiger partial charge in [-0.05, 0) is 18.9 Å². The van der Waals surface area contributed by atoms with Crippen LogP contribution >= 0.6 is 0 Å². The van der Waals surface area contributed by atoms with Crippen molar-refractivity contribution < 1.29 is 8.94 Å². The van der Waals surface area contributed by atoms with Crippen molar-refractivity contribution in [1.29, 1.82) is 0 Å². The van der Waals surface area contributed by atoms with Crippen LogP contribution in [-0.2, 0) is 13.0 Å². The SMILES string of the molecule is c1cc(CNC2CCCc3occc32)on1. The van der Waals surface area contributed by atoms with Gasteiger partial charge in [0.15, 0.2) is 0 Å². The third kappa shape index (κ3) is 1.76. The molecule has 0 saturated carbocycles. The minimum absolute atomic E-state index is 0.382. The van der Waals surface area contributed by atoms with Crippen LogP contribution in [0.3, 0.4) is 0 Å². The Labute approximate surface area is 93.6 Å². The fourth-order valence-electron chi connectivity index (χ4n) is 2.26. The predicted octanol–water partition coefficient (Wildman–Crippen LogP) is 2.43. The molecule has 0 saturated heterocycles. The van der Waals surface area contributed by atoms with Gasteiger partial charge in [0, 0.05) is 24.1 Å². The molecule has 0 aliphatic heterocycles. The number of aromatic nitrogens is 1. The van der Waals surface area contributed by atoms with Gasteiger partial charge in [-0.3, -0.25) is 0 Å². The van der Waals surface area contributed by atoms with Crippen LogP contribution in [0.4, 0.5) is 0 Å². The molecule has 0 amide bonds.